The lowest BCUT2D eigenvalue weighted by Crippen LogP contribution is -1.92. The highest BCUT2D eigenvalue weighted by atomic mass is 16.3. The monoisotopic (exact) mass is 548 g/mol. The van der Waals surface area contributed by atoms with Crippen LogP contribution in [0, 0.1) is 0 Å². The van der Waals surface area contributed by atoms with E-state index in [-0.39, 0.29) is 0 Å². The number of nitrogens with zero attached hydrogens (tertiary/aromatic N) is 2. The van der Waals surface area contributed by atoms with Gasteiger partial charge in [-0.25, -0.2) is 0 Å². The highest BCUT2D eigenvalue weighted by Crippen LogP contribution is 2.43. The number of hydrogen-bond acceptors (Lipinski definition) is 3. The minimum Gasteiger partial charge on any atom is -0.456 e. The van der Waals surface area contributed by atoms with Gasteiger partial charge in [-0.05, 0) is 97.5 Å². The maximum Gasteiger partial charge on any atom is 0.136 e. The third kappa shape index (κ3) is 3.75. The molecule has 0 aliphatic carbocycles. The van der Waals surface area contributed by atoms with Crippen molar-refractivity contribution < 1.29 is 4.42 Å². The SMILES string of the molecule is c1ccc2cc3c(cc2c1)oc1ccc(-c2ccc(-c4c5ccccc5c(-c5ccncc5)c5ccccc45)cn2)cc13. The zero-order valence-corrected chi connectivity index (χ0v) is 23.2. The van der Waals surface area contributed by atoms with Gasteiger partial charge in [-0.15, -0.1) is 0 Å². The summed E-state index contributed by atoms with van der Waals surface area (Å²) in [7, 11) is 0. The number of pyridine rings is 2. The molecule has 0 amide bonds. The lowest BCUT2D eigenvalue weighted by atomic mass is 9.86. The largest absolute Gasteiger partial charge is 0.456 e. The van der Waals surface area contributed by atoms with Gasteiger partial charge in [0.2, 0.25) is 0 Å². The second kappa shape index (κ2) is 9.37. The van der Waals surface area contributed by atoms with E-state index in [0.717, 1.165) is 44.3 Å². The standard InChI is InChI=1S/C40H24N2O/c1-2-8-27-23-38-35(21-26(27)7-1)34-22-28(14-16-37(34)43-38)36-15-13-29(24-42-36)40-32-11-5-3-9-30(32)39(25-17-19-41-20-18-25)31-10-4-6-12-33(31)40/h1-24H. The summed E-state index contributed by atoms with van der Waals surface area (Å²) in [5.74, 6) is 0. The van der Waals surface area contributed by atoms with E-state index in [1.807, 2.05) is 18.6 Å². The molecule has 0 saturated carbocycles. The molecular weight excluding hydrogens is 524 g/mol. The maximum atomic E-state index is 6.23. The van der Waals surface area contributed by atoms with E-state index in [0.29, 0.717) is 0 Å². The first-order chi connectivity index (χ1) is 21.3. The van der Waals surface area contributed by atoms with Crippen molar-refractivity contribution in [1.82, 2.24) is 9.97 Å². The second-order valence-electron chi connectivity index (χ2n) is 11.0. The summed E-state index contributed by atoms with van der Waals surface area (Å²) in [6.45, 7) is 0. The molecule has 0 fully saturated rings. The molecule has 3 heteroatoms. The minimum absolute atomic E-state index is 0.887. The van der Waals surface area contributed by atoms with Crippen LogP contribution < -0.4 is 0 Å². The van der Waals surface area contributed by atoms with Crippen molar-refractivity contribution in [2.24, 2.45) is 0 Å². The molecule has 6 aromatic carbocycles. The molecule has 0 N–H and O–H groups in total. The third-order valence-electron chi connectivity index (χ3n) is 8.59. The molecule has 9 rings (SSSR count). The van der Waals surface area contributed by atoms with E-state index in [9.17, 15) is 0 Å². The summed E-state index contributed by atoms with van der Waals surface area (Å²) in [4.78, 5) is 9.26. The van der Waals surface area contributed by atoms with Crippen molar-refractivity contribution in [3.8, 4) is 33.5 Å². The quantitative estimate of drug-likeness (QED) is 0.206. The van der Waals surface area contributed by atoms with E-state index in [4.69, 9.17) is 9.40 Å². The molecule has 3 heterocycles. The average Bonchev–Trinajstić information content (AvgIpc) is 3.43. The first kappa shape index (κ1) is 23.9. The van der Waals surface area contributed by atoms with Gasteiger partial charge >= 0.3 is 0 Å². The molecule has 43 heavy (non-hydrogen) atoms. The fourth-order valence-electron chi connectivity index (χ4n) is 6.60. The number of benzene rings is 6. The average molecular weight is 549 g/mol. The summed E-state index contributed by atoms with van der Waals surface area (Å²) in [5.41, 5.74) is 8.49. The van der Waals surface area contributed by atoms with Gasteiger partial charge in [-0.2, -0.15) is 0 Å². The molecule has 0 spiro atoms. The number of aromatic nitrogens is 2. The van der Waals surface area contributed by atoms with E-state index in [1.165, 1.54) is 43.4 Å². The molecule has 0 atom stereocenters. The van der Waals surface area contributed by atoms with Gasteiger partial charge in [-0.3, -0.25) is 9.97 Å². The topological polar surface area (TPSA) is 38.9 Å². The molecule has 3 aromatic heterocycles. The maximum absolute atomic E-state index is 6.23. The lowest BCUT2D eigenvalue weighted by molar-refractivity contribution is 0.669. The predicted molar refractivity (Wildman–Crippen MR) is 178 cm³/mol. The predicted octanol–water partition coefficient (Wildman–Crippen LogP) is 10.8. The smallest absolute Gasteiger partial charge is 0.136 e. The van der Waals surface area contributed by atoms with Crippen molar-refractivity contribution in [3.63, 3.8) is 0 Å². The van der Waals surface area contributed by atoms with Crippen molar-refractivity contribution >= 4 is 54.3 Å². The molecule has 0 saturated heterocycles. The van der Waals surface area contributed by atoms with Gasteiger partial charge in [0.05, 0.1) is 5.69 Å². The van der Waals surface area contributed by atoms with Crippen LogP contribution in [0.15, 0.2) is 150 Å². The van der Waals surface area contributed by atoms with Crippen molar-refractivity contribution in [3.05, 3.63) is 146 Å². The molecule has 3 nitrogen and oxygen atoms in total. The van der Waals surface area contributed by atoms with Gasteiger partial charge in [-0.1, -0.05) is 78.9 Å². The zero-order valence-electron chi connectivity index (χ0n) is 23.2. The van der Waals surface area contributed by atoms with E-state index >= 15 is 0 Å². The van der Waals surface area contributed by atoms with Crippen LogP contribution in [0.5, 0.6) is 0 Å². The Morgan fingerprint density at radius 2 is 1.00 bits per heavy atom. The molecule has 0 radical (unpaired) electrons. The van der Waals surface area contributed by atoms with E-state index in [2.05, 4.69) is 132 Å². The fourth-order valence-corrected chi connectivity index (χ4v) is 6.60. The molecule has 9 aromatic rings. The van der Waals surface area contributed by atoms with Crippen LogP contribution >= 0.6 is 0 Å². The number of furan rings is 1. The Kier molecular flexibility index (Phi) is 5.20. The van der Waals surface area contributed by atoms with Gasteiger partial charge in [0.1, 0.15) is 11.2 Å². The lowest BCUT2D eigenvalue weighted by Gasteiger charge is -2.17. The first-order valence-corrected chi connectivity index (χ1v) is 14.5. The van der Waals surface area contributed by atoms with Crippen LogP contribution in [0.3, 0.4) is 0 Å². The Morgan fingerprint density at radius 1 is 0.419 bits per heavy atom. The third-order valence-corrected chi connectivity index (χ3v) is 8.59. The number of hydrogen-bond donors (Lipinski definition) is 0. The van der Waals surface area contributed by atoms with Gasteiger partial charge in [0.15, 0.2) is 0 Å². The van der Waals surface area contributed by atoms with Crippen molar-refractivity contribution in [2.45, 2.75) is 0 Å². The zero-order chi connectivity index (χ0) is 28.3. The highest BCUT2D eigenvalue weighted by molar-refractivity contribution is 6.21. The molecule has 0 aliphatic rings. The van der Waals surface area contributed by atoms with Gasteiger partial charge in [0.25, 0.3) is 0 Å². The Morgan fingerprint density at radius 3 is 1.65 bits per heavy atom. The summed E-state index contributed by atoms with van der Waals surface area (Å²) in [6.07, 6.45) is 5.74. The minimum atomic E-state index is 0.887. The second-order valence-corrected chi connectivity index (χ2v) is 11.0. The fraction of sp³-hybridized carbons (Fsp3) is 0. The highest BCUT2D eigenvalue weighted by Gasteiger charge is 2.17. The molecular formula is C40H24N2O. The molecule has 0 aliphatic heterocycles. The van der Waals surface area contributed by atoms with Crippen LogP contribution in [0.4, 0.5) is 0 Å². The van der Waals surface area contributed by atoms with E-state index < -0.39 is 0 Å². The summed E-state index contributed by atoms with van der Waals surface area (Å²) in [6, 6.07) is 45.0. The first-order valence-electron chi connectivity index (χ1n) is 14.5. The van der Waals surface area contributed by atoms with Crippen LogP contribution in [0.25, 0.3) is 87.8 Å². The molecule has 0 unspecified atom stereocenters. The Hall–Kier alpha value is -5.80. The van der Waals surface area contributed by atoms with E-state index in [1.54, 1.807) is 0 Å². The summed E-state index contributed by atoms with van der Waals surface area (Å²) < 4.78 is 6.23. The van der Waals surface area contributed by atoms with Crippen LogP contribution in [-0.2, 0) is 0 Å². The normalized spacial score (nSPS) is 11.7. The summed E-state index contributed by atoms with van der Waals surface area (Å²) in [5, 5.41) is 9.47. The Balaban J connectivity index is 1.20. The van der Waals surface area contributed by atoms with Crippen LogP contribution in [0.2, 0.25) is 0 Å². The van der Waals surface area contributed by atoms with Crippen molar-refractivity contribution in [2.75, 3.05) is 0 Å². The number of fused-ring (bicyclic) bond motifs is 6. The Labute approximate surface area is 247 Å². The van der Waals surface area contributed by atoms with Crippen molar-refractivity contribution in [1.29, 1.82) is 0 Å². The van der Waals surface area contributed by atoms with Gasteiger partial charge < -0.3 is 4.42 Å². The Bertz CT molecular complexity index is 2440. The van der Waals surface area contributed by atoms with Crippen LogP contribution in [0.1, 0.15) is 0 Å². The van der Waals surface area contributed by atoms with Crippen LogP contribution in [-0.4, -0.2) is 9.97 Å². The number of rotatable bonds is 3. The molecule has 200 valence electrons. The van der Waals surface area contributed by atoms with Gasteiger partial charge in [0, 0.05) is 40.5 Å². The molecule has 0 bridgehead atoms. The summed E-state index contributed by atoms with van der Waals surface area (Å²) >= 11 is 0.